The van der Waals surface area contributed by atoms with Gasteiger partial charge < -0.3 is 30.7 Å². The molecule has 2 unspecified atom stereocenters. The number of hydrogen-bond donors (Lipinski definition) is 4. The molecule has 0 saturated heterocycles. The molecule has 2 aliphatic heterocycles. The number of methoxy groups -OCH3 is 2. The Balaban J connectivity index is 0.000000182. The number of hydrogen-bond acceptors (Lipinski definition) is 8. The molecular formula is C43H35Cl2F3N6O4S2. The van der Waals surface area contributed by atoms with Crippen LogP contribution in [0.1, 0.15) is 52.6 Å². The number of urea groups is 2. The topological polar surface area (TPSA) is 127 Å². The lowest BCUT2D eigenvalue weighted by molar-refractivity contribution is -0.137. The first-order chi connectivity index (χ1) is 28.7. The maximum atomic E-state index is 13.2. The second-order valence-corrected chi connectivity index (χ2v) is 16.0. The minimum absolute atomic E-state index is 0.283. The predicted molar refractivity (Wildman–Crippen MR) is 230 cm³/mol. The van der Waals surface area contributed by atoms with Crippen LogP contribution in [0.4, 0.5) is 22.8 Å². The van der Waals surface area contributed by atoms with Crippen molar-refractivity contribution in [1.82, 2.24) is 31.2 Å². The minimum Gasteiger partial charge on any atom is -0.497 e. The van der Waals surface area contributed by atoms with Gasteiger partial charge in [-0.05, 0) is 97.8 Å². The number of thiazole rings is 2. The molecule has 0 bridgehead atoms. The van der Waals surface area contributed by atoms with Crippen molar-refractivity contribution in [3.8, 4) is 34.0 Å². The summed E-state index contributed by atoms with van der Waals surface area (Å²) >= 11 is 15.3. The second-order valence-electron chi connectivity index (χ2n) is 13.5. The quantitative estimate of drug-likeness (QED) is 0.121. The normalized spacial score (nSPS) is 16.6. The van der Waals surface area contributed by atoms with E-state index < -0.39 is 29.9 Å². The number of carbonyl (C=O) groups is 2. The summed E-state index contributed by atoms with van der Waals surface area (Å²) in [5, 5.41) is 17.5. The molecule has 17 heteroatoms. The van der Waals surface area contributed by atoms with E-state index >= 15 is 0 Å². The van der Waals surface area contributed by atoms with E-state index in [4.69, 9.17) is 37.7 Å². The predicted octanol–water partition coefficient (Wildman–Crippen LogP) is 11.5. The van der Waals surface area contributed by atoms with E-state index in [0.29, 0.717) is 31.9 Å². The van der Waals surface area contributed by atoms with Crippen molar-refractivity contribution in [2.45, 2.75) is 32.1 Å². The summed E-state index contributed by atoms with van der Waals surface area (Å²) in [6.07, 6.45) is -4.48. The van der Waals surface area contributed by atoms with E-state index in [9.17, 15) is 22.8 Å². The number of nitrogens with one attached hydrogen (secondary N) is 4. The third-order valence-corrected chi connectivity index (χ3v) is 11.9. The van der Waals surface area contributed by atoms with Gasteiger partial charge in [0, 0.05) is 54.5 Å². The van der Waals surface area contributed by atoms with Gasteiger partial charge in [0.25, 0.3) is 0 Å². The summed E-state index contributed by atoms with van der Waals surface area (Å²) in [6.45, 7) is 3.57. The molecule has 4 amide bonds. The standard InChI is InChI=1S/C22H18F3N3O2S.C21H17Cl2N3O2S/c1-12-18(20-27-17(11-31-20)13-6-8-16(30-2)9-7-13)19(28-21(29)26-12)14-4-3-5-15(10-14)22(23,24)25;1-11-18(19(26-21(27)24-11)15-8-5-13(22)9-16(15)23)20-25-17(10-29-20)12-3-6-14(28-2)7-4-12/h3-11,19H,1-2H3,(H2,26,28,29);3-10,19H,1-2H3,(H2,24,26,27). The smallest absolute Gasteiger partial charge is 0.416 e. The largest absolute Gasteiger partial charge is 0.497 e. The Bertz CT molecular complexity index is 2630. The van der Waals surface area contributed by atoms with Crippen LogP contribution in [0.2, 0.25) is 10.0 Å². The van der Waals surface area contributed by atoms with Crippen LogP contribution in [0.15, 0.2) is 113 Å². The highest BCUT2D eigenvalue weighted by molar-refractivity contribution is 7.11. The highest BCUT2D eigenvalue weighted by atomic mass is 35.5. The molecule has 0 spiro atoms. The van der Waals surface area contributed by atoms with E-state index in [1.165, 1.54) is 28.7 Å². The molecule has 0 fully saturated rings. The number of nitrogens with zero attached hydrogens (tertiary/aromatic N) is 2. The molecule has 60 heavy (non-hydrogen) atoms. The van der Waals surface area contributed by atoms with Crippen molar-refractivity contribution in [2.24, 2.45) is 0 Å². The Hall–Kier alpha value is -5.87. The fourth-order valence-corrected chi connectivity index (χ4v) is 9.09. The van der Waals surface area contributed by atoms with Gasteiger partial charge in [-0.25, -0.2) is 19.6 Å². The van der Waals surface area contributed by atoms with Crippen molar-refractivity contribution in [3.05, 3.63) is 150 Å². The summed E-state index contributed by atoms with van der Waals surface area (Å²) in [5.41, 5.74) is 6.55. The van der Waals surface area contributed by atoms with E-state index in [1.54, 1.807) is 39.3 Å². The zero-order valence-corrected chi connectivity index (χ0v) is 35.3. The molecule has 0 saturated carbocycles. The van der Waals surface area contributed by atoms with Gasteiger partial charge in [0.1, 0.15) is 21.5 Å². The van der Waals surface area contributed by atoms with Crippen molar-refractivity contribution in [3.63, 3.8) is 0 Å². The van der Waals surface area contributed by atoms with Crippen LogP contribution in [-0.4, -0.2) is 36.2 Å². The molecule has 0 radical (unpaired) electrons. The minimum atomic E-state index is -4.48. The lowest BCUT2D eigenvalue weighted by atomic mass is 9.94. The third-order valence-electron chi connectivity index (χ3n) is 9.60. The van der Waals surface area contributed by atoms with Crippen LogP contribution >= 0.6 is 45.9 Å². The first-order valence-corrected chi connectivity index (χ1v) is 20.6. The van der Waals surface area contributed by atoms with Gasteiger partial charge in [-0.1, -0.05) is 41.4 Å². The number of rotatable bonds is 8. The number of halogens is 5. The average Bonchev–Trinajstić information content (AvgIpc) is 3.92. The number of benzene rings is 4. The van der Waals surface area contributed by atoms with E-state index in [1.807, 2.05) is 72.3 Å². The Morgan fingerprint density at radius 1 is 0.667 bits per heavy atom. The third kappa shape index (κ3) is 9.29. The van der Waals surface area contributed by atoms with E-state index in [-0.39, 0.29) is 6.03 Å². The van der Waals surface area contributed by atoms with Gasteiger partial charge in [-0.15, -0.1) is 22.7 Å². The Kier molecular flexibility index (Phi) is 12.5. The van der Waals surface area contributed by atoms with Crippen LogP contribution in [0.25, 0.3) is 33.7 Å². The van der Waals surface area contributed by atoms with Crippen molar-refractivity contribution >= 4 is 69.1 Å². The Morgan fingerprint density at radius 2 is 1.17 bits per heavy atom. The highest BCUT2D eigenvalue weighted by Crippen LogP contribution is 2.41. The van der Waals surface area contributed by atoms with Crippen molar-refractivity contribution in [2.75, 3.05) is 14.2 Å². The molecule has 2 atom stereocenters. The summed E-state index contributed by atoms with van der Waals surface area (Å²) in [4.78, 5) is 33.7. The highest BCUT2D eigenvalue weighted by Gasteiger charge is 2.34. The van der Waals surface area contributed by atoms with Gasteiger partial charge in [0.2, 0.25) is 0 Å². The molecular weight excluding hydrogens is 857 g/mol. The molecule has 10 nitrogen and oxygen atoms in total. The van der Waals surface area contributed by atoms with Crippen LogP contribution in [0.5, 0.6) is 11.5 Å². The molecule has 2 aromatic heterocycles. The number of ether oxygens (including phenoxy) is 2. The van der Waals surface area contributed by atoms with E-state index in [2.05, 4.69) is 26.3 Å². The zero-order chi connectivity index (χ0) is 42.7. The fraction of sp³-hybridized carbons (Fsp3) is 0.163. The van der Waals surface area contributed by atoms with Gasteiger partial charge >= 0.3 is 18.2 Å². The number of amides is 4. The van der Waals surface area contributed by atoms with Crippen LogP contribution < -0.4 is 30.7 Å². The SMILES string of the molecule is COc1ccc(-c2csc(C3=C(C)NC(=O)NC3c3ccc(Cl)cc3Cl)n2)cc1.COc1ccc(-c2csc(C3=C(C)NC(=O)NC3c3cccc(C(F)(F)F)c3)n2)cc1. The van der Waals surface area contributed by atoms with Crippen LogP contribution in [0.3, 0.4) is 0 Å². The summed E-state index contributed by atoms with van der Waals surface area (Å²) in [7, 11) is 3.22. The van der Waals surface area contributed by atoms with Gasteiger partial charge in [-0.2, -0.15) is 13.2 Å². The molecule has 4 aromatic carbocycles. The first-order valence-electron chi connectivity index (χ1n) is 18.1. The van der Waals surface area contributed by atoms with Gasteiger partial charge in [0.15, 0.2) is 0 Å². The van der Waals surface area contributed by atoms with Gasteiger partial charge in [-0.3, -0.25) is 0 Å². The number of carbonyl (C=O) groups excluding carboxylic acids is 2. The molecule has 4 N–H and O–H groups in total. The monoisotopic (exact) mass is 890 g/mol. The Labute approximate surface area is 361 Å². The second kappa shape index (κ2) is 17.8. The lowest BCUT2D eigenvalue weighted by Crippen LogP contribution is -2.43. The summed E-state index contributed by atoms with van der Waals surface area (Å²) < 4.78 is 50.1. The molecule has 4 heterocycles. The van der Waals surface area contributed by atoms with Crippen LogP contribution in [0, 0.1) is 0 Å². The van der Waals surface area contributed by atoms with Gasteiger partial charge in [0.05, 0.1) is 43.3 Å². The maximum Gasteiger partial charge on any atom is 0.416 e. The molecule has 2 aliphatic rings. The number of allylic oxidation sites excluding steroid dienone is 2. The maximum absolute atomic E-state index is 13.2. The molecule has 0 aliphatic carbocycles. The molecule has 8 rings (SSSR count). The fourth-order valence-electron chi connectivity index (χ4n) is 6.65. The lowest BCUT2D eigenvalue weighted by Gasteiger charge is -2.29. The van der Waals surface area contributed by atoms with Crippen molar-refractivity contribution < 1.29 is 32.2 Å². The number of aromatic nitrogens is 2. The average molecular weight is 892 g/mol. The molecule has 6 aromatic rings. The summed E-state index contributed by atoms with van der Waals surface area (Å²) in [5.74, 6) is 1.51. The first kappa shape index (κ1) is 42.3. The number of alkyl halides is 3. The summed E-state index contributed by atoms with van der Waals surface area (Å²) in [6, 6.07) is 23.4. The zero-order valence-electron chi connectivity index (χ0n) is 32.2. The van der Waals surface area contributed by atoms with E-state index in [0.717, 1.165) is 68.0 Å². The Morgan fingerprint density at radius 3 is 1.65 bits per heavy atom. The van der Waals surface area contributed by atoms with Crippen molar-refractivity contribution in [1.29, 1.82) is 0 Å². The van der Waals surface area contributed by atoms with Crippen LogP contribution in [-0.2, 0) is 6.18 Å². The molecule has 308 valence electrons.